The lowest BCUT2D eigenvalue weighted by atomic mass is 9.88. The molecule has 2 aliphatic heterocycles. The van der Waals surface area contributed by atoms with E-state index in [1.54, 1.807) is 13.0 Å². The third-order valence-corrected chi connectivity index (χ3v) is 9.14. The highest BCUT2D eigenvalue weighted by atomic mass is 28.4. The van der Waals surface area contributed by atoms with E-state index in [9.17, 15) is 18.0 Å². The summed E-state index contributed by atoms with van der Waals surface area (Å²) >= 11 is 0. The maximum absolute atomic E-state index is 14.5. The third-order valence-electron chi connectivity index (χ3n) is 8.06. The van der Waals surface area contributed by atoms with E-state index >= 15 is 0 Å². The Morgan fingerprint density at radius 1 is 1.02 bits per heavy atom. The van der Waals surface area contributed by atoms with Gasteiger partial charge >= 0.3 is 12.1 Å². The van der Waals surface area contributed by atoms with Crippen LogP contribution >= 0.6 is 0 Å². The van der Waals surface area contributed by atoms with Crippen LogP contribution in [-0.4, -0.2) is 64.2 Å². The Balaban J connectivity index is 1.58. The van der Waals surface area contributed by atoms with E-state index in [1.807, 2.05) is 37.3 Å². The summed E-state index contributed by atoms with van der Waals surface area (Å²) in [4.78, 5) is 13.4. The van der Waals surface area contributed by atoms with E-state index in [0.29, 0.717) is 12.8 Å². The number of esters is 1. The maximum atomic E-state index is 14.5. The number of halogens is 3. The molecule has 2 aromatic carbocycles. The summed E-state index contributed by atoms with van der Waals surface area (Å²) in [7, 11) is -1.26. The van der Waals surface area contributed by atoms with Crippen LogP contribution in [0.1, 0.15) is 56.9 Å². The predicted molar refractivity (Wildman–Crippen MR) is 157 cm³/mol. The van der Waals surface area contributed by atoms with Gasteiger partial charge in [-0.05, 0) is 45.8 Å². The van der Waals surface area contributed by atoms with Crippen molar-refractivity contribution >= 4 is 14.3 Å². The number of alkyl halides is 3. The molecule has 2 aromatic rings. The van der Waals surface area contributed by atoms with E-state index in [1.165, 1.54) is 24.3 Å². The van der Waals surface area contributed by atoms with Gasteiger partial charge in [0.25, 0.3) is 5.60 Å². The molecule has 0 N–H and O–H groups in total. The first-order valence-electron chi connectivity index (χ1n) is 14.8. The summed E-state index contributed by atoms with van der Waals surface area (Å²) in [6.07, 6.45) is -6.19. The van der Waals surface area contributed by atoms with E-state index in [4.69, 9.17) is 28.1 Å². The van der Waals surface area contributed by atoms with Crippen molar-refractivity contribution < 1.29 is 46.1 Å². The van der Waals surface area contributed by atoms with Gasteiger partial charge in [0.2, 0.25) is 0 Å². The number of hydrogen-bond acceptors (Lipinski definition) is 7. The van der Waals surface area contributed by atoms with Crippen molar-refractivity contribution in [2.75, 3.05) is 13.7 Å². The minimum Gasteiger partial charge on any atom is -0.460 e. The molecule has 0 unspecified atom stereocenters. The molecule has 7 nitrogen and oxygen atoms in total. The van der Waals surface area contributed by atoms with Crippen molar-refractivity contribution in [1.29, 1.82) is 0 Å². The van der Waals surface area contributed by atoms with Crippen molar-refractivity contribution in [3.63, 3.8) is 0 Å². The fourth-order valence-corrected chi connectivity index (χ4v) is 7.60. The zero-order chi connectivity index (χ0) is 31.5. The monoisotopic (exact) mass is 624 g/mol. The first-order valence-corrected chi connectivity index (χ1v) is 18.2. The zero-order valence-electron chi connectivity index (χ0n) is 25.7. The first kappa shape index (κ1) is 33.6. The van der Waals surface area contributed by atoms with Gasteiger partial charge in [-0.3, -0.25) is 0 Å². The molecule has 0 amide bonds. The molecule has 43 heavy (non-hydrogen) atoms. The van der Waals surface area contributed by atoms with E-state index in [-0.39, 0.29) is 31.1 Å². The summed E-state index contributed by atoms with van der Waals surface area (Å²) in [5.41, 5.74) is -3.51. The molecular formula is C32H43F3O7Si. The second-order valence-corrected chi connectivity index (χ2v) is 16.8. The normalized spacial score (nSPS) is 28.7. The number of carbonyl (C=O) groups excluding carboxylic acids is 1. The standard InChI is InChI=1S/C32H43F3O7Si/c1-7-24(39-29(36)31(37-3,32(33,34)35)23-16-12-9-13-17-23)20-27-30(2,42-43(4,5)6)19-18-25-26(40-27)21-38-28(41-25)22-14-10-8-11-15-22/h8-17,24-28H,7,18-21H2,1-6H3/t24-,25+,26-,27+,28-,30-,31-/m1/s1. The van der Waals surface area contributed by atoms with Crippen LogP contribution in [0.4, 0.5) is 13.2 Å². The minimum absolute atomic E-state index is 0.126. The Labute approximate surface area is 253 Å². The summed E-state index contributed by atoms with van der Waals surface area (Å²) in [6, 6.07) is 16.5. The molecule has 0 saturated carbocycles. The second kappa shape index (κ2) is 13.4. The van der Waals surface area contributed by atoms with Crippen LogP contribution in [0.25, 0.3) is 0 Å². The van der Waals surface area contributed by atoms with Gasteiger partial charge in [-0.2, -0.15) is 13.2 Å². The molecule has 0 aliphatic carbocycles. The van der Waals surface area contributed by atoms with Crippen LogP contribution in [0.15, 0.2) is 60.7 Å². The molecule has 11 heteroatoms. The molecule has 2 heterocycles. The average Bonchev–Trinajstić information content (AvgIpc) is 3.08. The fourth-order valence-electron chi connectivity index (χ4n) is 5.97. The number of carbonyl (C=O) groups is 1. The SMILES string of the molecule is CC[C@H](C[C@@H]1O[C@@H]2CO[C@@H](c3ccccc3)O[C@H]2CC[C@@]1(C)O[Si](C)(C)C)OC(=O)[C@](OC)(c1ccccc1)C(F)(F)F. The van der Waals surface area contributed by atoms with Crippen molar-refractivity contribution in [3.05, 3.63) is 71.8 Å². The molecule has 2 saturated heterocycles. The molecule has 0 bridgehead atoms. The van der Waals surface area contributed by atoms with Crippen LogP contribution in [0, 0.1) is 0 Å². The summed E-state index contributed by atoms with van der Waals surface area (Å²) < 4.78 is 79.9. The Kier molecular flexibility index (Phi) is 10.5. The topological polar surface area (TPSA) is 72.5 Å². The molecule has 2 aliphatic rings. The smallest absolute Gasteiger partial charge is 0.432 e. The molecule has 7 atom stereocenters. The number of ether oxygens (including phenoxy) is 5. The van der Waals surface area contributed by atoms with Gasteiger partial charge < -0.3 is 28.1 Å². The third kappa shape index (κ3) is 7.51. The molecular weight excluding hydrogens is 581 g/mol. The lowest BCUT2D eigenvalue weighted by Crippen LogP contribution is -2.54. The highest BCUT2D eigenvalue weighted by Crippen LogP contribution is 2.44. The minimum atomic E-state index is -5.06. The Bertz CT molecular complexity index is 1190. The van der Waals surface area contributed by atoms with Crippen molar-refractivity contribution in [2.45, 2.75) is 107 Å². The molecule has 238 valence electrons. The van der Waals surface area contributed by atoms with Crippen molar-refractivity contribution in [3.8, 4) is 0 Å². The summed E-state index contributed by atoms with van der Waals surface area (Å²) in [6.45, 7) is 10.2. The van der Waals surface area contributed by atoms with Crippen molar-refractivity contribution in [2.24, 2.45) is 0 Å². The van der Waals surface area contributed by atoms with Crippen molar-refractivity contribution in [1.82, 2.24) is 0 Å². The van der Waals surface area contributed by atoms with Crippen LogP contribution < -0.4 is 0 Å². The van der Waals surface area contributed by atoms with Crippen LogP contribution in [0.3, 0.4) is 0 Å². The van der Waals surface area contributed by atoms with Crippen LogP contribution in [0.5, 0.6) is 0 Å². The molecule has 0 radical (unpaired) electrons. The summed E-state index contributed by atoms with van der Waals surface area (Å²) in [5.74, 6) is -1.52. The van der Waals surface area contributed by atoms with Gasteiger partial charge in [-0.15, -0.1) is 0 Å². The van der Waals surface area contributed by atoms with Crippen LogP contribution in [-0.2, 0) is 38.5 Å². The van der Waals surface area contributed by atoms with Gasteiger partial charge in [-0.1, -0.05) is 67.6 Å². The van der Waals surface area contributed by atoms with Gasteiger partial charge in [0.1, 0.15) is 12.2 Å². The number of hydrogen-bond donors (Lipinski definition) is 0. The number of benzene rings is 2. The Hall–Kier alpha value is -2.28. The molecule has 0 spiro atoms. The lowest BCUT2D eigenvalue weighted by molar-refractivity contribution is -0.281. The van der Waals surface area contributed by atoms with Gasteiger partial charge in [0.15, 0.2) is 14.6 Å². The van der Waals surface area contributed by atoms with Crippen LogP contribution in [0.2, 0.25) is 19.6 Å². The highest BCUT2D eigenvalue weighted by molar-refractivity contribution is 6.69. The largest absolute Gasteiger partial charge is 0.460 e. The second-order valence-electron chi connectivity index (χ2n) is 12.4. The quantitative estimate of drug-likeness (QED) is 0.207. The number of fused-ring (bicyclic) bond motifs is 1. The predicted octanol–water partition coefficient (Wildman–Crippen LogP) is 7.07. The van der Waals surface area contributed by atoms with E-state index in [0.717, 1.165) is 12.7 Å². The molecule has 4 rings (SSSR count). The Morgan fingerprint density at radius 3 is 2.21 bits per heavy atom. The fraction of sp³-hybridized carbons (Fsp3) is 0.594. The summed E-state index contributed by atoms with van der Waals surface area (Å²) in [5, 5.41) is 0. The lowest BCUT2D eigenvalue weighted by Gasteiger charge is -2.43. The number of rotatable bonds is 10. The number of methoxy groups -OCH3 is 1. The molecule has 2 fully saturated rings. The van der Waals surface area contributed by atoms with E-state index < -0.39 is 56.3 Å². The van der Waals surface area contributed by atoms with E-state index in [2.05, 4.69) is 19.6 Å². The Morgan fingerprint density at radius 2 is 1.65 bits per heavy atom. The molecule has 0 aromatic heterocycles. The highest BCUT2D eigenvalue weighted by Gasteiger charge is 2.64. The van der Waals surface area contributed by atoms with Gasteiger partial charge in [0, 0.05) is 24.7 Å². The first-order chi connectivity index (χ1) is 20.2. The van der Waals surface area contributed by atoms with Gasteiger partial charge in [-0.25, -0.2) is 4.79 Å². The average molecular weight is 625 g/mol. The maximum Gasteiger partial charge on any atom is 0.432 e. The van der Waals surface area contributed by atoms with Gasteiger partial charge in [0.05, 0.1) is 24.4 Å². The zero-order valence-corrected chi connectivity index (χ0v) is 26.7.